The topological polar surface area (TPSA) is 30.7 Å². The number of fused-ring (bicyclic) bond motifs is 10. The van der Waals surface area contributed by atoms with E-state index in [0.717, 1.165) is 38.5 Å². The first kappa shape index (κ1) is 23.5. The molecule has 4 aromatic heterocycles. The smallest absolute Gasteiger partial charge is 0.164 e. The Morgan fingerprint density at radius 2 is 1.16 bits per heavy atom. The zero-order chi connectivity index (χ0) is 28.1. The third-order valence-electron chi connectivity index (χ3n) is 8.62. The van der Waals surface area contributed by atoms with Crippen LogP contribution in [0.2, 0.25) is 0 Å². The molecule has 43 heavy (non-hydrogen) atoms. The minimum atomic E-state index is 0.762. The summed E-state index contributed by atoms with van der Waals surface area (Å²) in [6, 6.07) is 45.7. The van der Waals surface area contributed by atoms with Gasteiger partial charge in [0.05, 0.1) is 16.4 Å². The molecule has 10 aromatic rings. The van der Waals surface area contributed by atoms with Crippen molar-refractivity contribution in [1.82, 2.24) is 14.5 Å². The minimum Gasteiger partial charge on any atom is -0.293 e. The van der Waals surface area contributed by atoms with Crippen LogP contribution in [0.5, 0.6) is 0 Å². The van der Waals surface area contributed by atoms with Crippen LogP contribution in [-0.2, 0) is 0 Å². The summed E-state index contributed by atoms with van der Waals surface area (Å²) in [5.74, 6) is 1.69. The number of para-hydroxylation sites is 1. The number of rotatable bonds is 2. The zero-order valence-electron chi connectivity index (χ0n) is 22.8. The van der Waals surface area contributed by atoms with E-state index in [-0.39, 0.29) is 0 Å². The Hall–Kier alpha value is -5.10. The summed E-state index contributed by atoms with van der Waals surface area (Å²) < 4.78 is 6.09. The maximum absolute atomic E-state index is 5.50. The highest BCUT2D eigenvalue weighted by Crippen LogP contribution is 2.43. The Bertz CT molecular complexity index is 2750. The van der Waals surface area contributed by atoms with Crippen LogP contribution in [0.4, 0.5) is 0 Å². The number of aromatic nitrogens is 3. The lowest BCUT2D eigenvalue weighted by Crippen LogP contribution is -2.02. The first-order chi connectivity index (χ1) is 21.3. The van der Waals surface area contributed by atoms with Crippen LogP contribution in [0.1, 0.15) is 0 Å². The predicted octanol–water partition coefficient (Wildman–Crippen LogP) is 11.1. The lowest BCUT2D eigenvalue weighted by atomic mass is 10.1. The van der Waals surface area contributed by atoms with Crippen LogP contribution in [0.25, 0.3) is 90.3 Å². The maximum atomic E-state index is 5.50. The summed E-state index contributed by atoms with van der Waals surface area (Å²) >= 11 is 3.56. The Labute approximate surface area is 253 Å². The largest absolute Gasteiger partial charge is 0.293 e. The highest BCUT2D eigenvalue weighted by Gasteiger charge is 2.22. The molecule has 3 nitrogen and oxygen atoms in total. The summed E-state index contributed by atoms with van der Waals surface area (Å²) in [4.78, 5) is 11.8. The summed E-state index contributed by atoms with van der Waals surface area (Å²) in [5, 5.41) is 9.74. The molecule has 0 amide bonds. The molecular formula is C38H21N3S2. The average Bonchev–Trinajstić information content (AvgIpc) is 3.72. The van der Waals surface area contributed by atoms with Crippen LogP contribution in [-0.4, -0.2) is 14.5 Å². The maximum Gasteiger partial charge on any atom is 0.164 e. The first-order valence-corrected chi connectivity index (χ1v) is 16.0. The fraction of sp³-hybridized carbons (Fsp3) is 0. The quantitative estimate of drug-likeness (QED) is 0.203. The summed E-state index contributed by atoms with van der Waals surface area (Å²) in [6.45, 7) is 0. The fourth-order valence-corrected chi connectivity index (χ4v) is 8.98. The fourth-order valence-electron chi connectivity index (χ4n) is 6.69. The molecule has 4 heterocycles. The van der Waals surface area contributed by atoms with Gasteiger partial charge in [-0.05, 0) is 47.2 Å². The van der Waals surface area contributed by atoms with Gasteiger partial charge in [-0.1, -0.05) is 91.0 Å². The van der Waals surface area contributed by atoms with Gasteiger partial charge in [-0.3, -0.25) is 4.57 Å². The Kier molecular flexibility index (Phi) is 4.75. The third-order valence-corrected chi connectivity index (χ3v) is 10.9. The SMILES string of the molecule is c1ccc2cc3c(cc2c1)c1ccccc1n3-c1nc(-c2cccc3c2sc2ccccc23)nc2sc3ccccc3c12. The number of hydrogen-bond donors (Lipinski definition) is 0. The molecular weight excluding hydrogens is 563 g/mol. The molecule has 10 rings (SSSR count). The number of benzene rings is 6. The van der Waals surface area contributed by atoms with E-state index in [1.165, 1.54) is 51.8 Å². The molecule has 0 fully saturated rings. The van der Waals surface area contributed by atoms with E-state index in [9.17, 15) is 0 Å². The van der Waals surface area contributed by atoms with Gasteiger partial charge in [-0.2, -0.15) is 0 Å². The molecule has 0 unspecified atom stereocenters. The molecule has 0 saturated heterocycles. The van der Waals surface area contributed by atoms with Crippen molar-refractivity contribution in [1.29, 1.82) is 0 Å². The van der Waals surface area contributed by atoms with Gasteiger partial charge in [0.25, 0.3) is 0 Å². The molecule has 0 N–H and O–H groups in total. The second kappa shape index (κ2) is 8.71. The lowest BCUT2D eigenvalue weighted by Gasteiger charge is -2.12. The average molecular weight is 584 g/mol. The monoisotopic (exact) mass is 583 g/mol. The van der Waals surface area contributed by atoms with Gasteiger partial charge < -0.3 is 0 Å². The summed E-state index contributed by atoms with van der Waals surface area (Å²) in [7, 11) is 0. The van der Waals surface area contributed by atoms with Gasteiger partial charge in [0, 0.05) is 46.6 Å². The molecule has 0 saturated carbocycles. The van der Waals surface area contributed by atoms with Crippen LogP contribution in [0, 0.1) is 0 Å². The van der Waals surface area contributed by atoms with Crippen molar-refractivity contribution in [3.8, 4) is 17.2 Å². The van der Waals surface area contributed by atoms with E-state index in [0.29, 0.717) is 0 Å². The highest BCUT2D eigenvalue weighted by molar-refractivity contribution is 7.26. The summed E-state index contributed by atoms with van der Waals surface area (Å²) in [6.07, 6.45) is 0. The molecule has 0 aliphatic heterocycles. The molecule has 6 aromatic carbocycles. The minimum absolute atomic E-state index is 0.762. The number of nitrogens with zero attached hydrogens (tertiary/aromatic N) is 3. The van der Waals surface area contributed by atoms with Crippen molar-refractivity contribution >= 4 is 95.7 Å². The molecule has 200 valence electrons. The van der Waals surface area contributed by atoms with Crippen LogP contribution >= 0.6 is 22.7 Å². The van der Waals surface area contributed by atoms with Gasteiger partial charge in [0.15, 0.2) is 11.6 Å². The predicted molar refractivity (Wildman–Crippen MR) is 185 cm³/mol. The second-order valence-electron chi connectivity index (χ2n) is 11.0. The molecule has 5 heteroatoms. The lowest BCUT2D eigenvalue weighted by molar-refractivity contribution is 1.08. The molecule has 0 aliphatic carbocycles. The van der Waals surface area contributed by atoms with E-state index in [4.69, 9.17) is 9.97 Å². The van der Waals surface area contributed by atoms with E-state index in [1.807, 2.05) is 11.3 Å². The summed E-state index contributed by atoms with van der Waals surface area (Å²) in [5.41, 5.74) is 3.38. The molecule has 0 spiro atoms. The first-order valence-electron chi connectivity index (χ1n) is 14.3. The molecule has 0 atom stereocenters. The van der Waals surface area contributed by atoms with Gasteiger partial charge in [0.2, 0.25) is 0 Å². The Balaban J connectivity index is 1.38. The van der Waals surface area contributed by atoms with Crippen LogP contribution in [0.3, 0.4) is 0 Å². The standard InChI is InChI=1S/C38H21N3S2/c1-2-11-23-21-31-29(20-22(23)10-1)24-12-3-6-17-30(24)41(31)37-34-27-14-5-8-19-33(27)43-38(34)40-36(39-37)28-16-9-15-26-25-13-4-7-18-32(25)42-35(26)28/h1-21H. The van der Waals surface area contributed by atoms with Crippen molar-refractivity contribution in [2.24, 2.45) is 0 Å². The normalized spacial score (nSPS) is 12.2. The van der Waals surface area contributed by atoms with E-state index in [2.05, 4.69) is 132 Å². The van der Waals surface area contributed by atoms with Gasteiger partial charge in [0.1, 0.15) is 4.83 Å². The van der Waals surface area contributed by atoms with Crippen molar-refractivity contribution in [3.05, 3.63) is 127 Å². The van der Waals surface area contributed by atoms with Gasteiger partial charge in [-0.25, -0.2) is 9.97 Å². The zero-order valence-corrected chi connectivity index (χ0v) is 24.4. The van der Waals surface area contributed by atoms with E-state index in [1.54, 1.807) is 11.3 Å². The highest BCUT2D eigenvalue weighted by atomic mass is 32.1. The van der Waals surface area contributed by atoms with E-state index < -0.39 is 0 Å². The number of thiophene rings is 2. The van der Waals surface area contributed by atoms with Gasteiger partial charge >= 0.3 is 0 Å². The van der Waals surface area contributed by atoms with Gasteiger partial charge in [-0.15, -0.1) is 22.7 Å². The molecule has 0 radical (unpaired) electrons. The third kappa shape index (κ3) is 3.29. The number of hydrogen-bond acceptors (Lipinski definition) is 4. The second-order valence-corrected chi connectivity index (χ2v) is 13.1. The van der Waals surface area contributed by atoms with Crippen molar-refractivity contribution in [3.63, 3.8) is 0 Å². The molecule has 0 aliphatic rings. The van der Waals surface area contributed by atoms with Crippen molar-refractivity contribution < 1.29 is 0 Å². The van der Waals surface area contributed by atoms with Crippen molar-refractivity contribution in [2.75, 3.05) is 0 Å². The van der Waals surface area contributed by atoms with Crippen LogP contribution < -0.4 is 0 Å². The Morgan fingerprint density at radius 3 is 2.02 bits per heavy atom. The van der Waals surface area contributed by atoms with Crippen LogP contribution in [0.15, 0.2) is 127 Å². The van der Waals surface area contributed by atoms with E-state index >= 15 is 0 Å². The van der Waals surface area contributed by atoms with Crippen molar-refractivity contribution in [2.45, 2.75) is 0 Å². The Morgan fingerprint density at radius 1 is 0.488 bits per heavy atom. The molecule has 0 bridgehead atoms.